The average molecular weight is 510 g/mol. The molecule has 1 fully saturated rings. The number of furan rings is 1. The molecular formula is C24H20BrN3O5. The number of urea groups is 1. The van der Waals surface area contributed by atoms with Crippen molar-refractivity contribution in [2.75, 3.05) is 19.0 Å². The lowest BCUT2D eigenvalue weighted by atomic mass is 10.1. The first-order valence-electron chi connectivity index (χ1n) is 9.99. The molecule has 2 heterocycles. The minimum absolute atomic E-state index is 0.0222. The highest BCUT2D eigenvalue weighted by Crippen LogP contribution is 2.31. The fourth-order valence-electron chi connectivity index (χ4n) is 3.33. The summed E-state index contributed by atoms with van der Waals surface area (Å²) < 4.78 is 11.9. The van der Waals surface area contributed by atoms with Crippen LogP contribution in [-0.2, 0) is 9.59 Å². The molecule has 1 aliphatic rings. The Balaban J connectivity index is 1.47. The second-order valence-corrected chi connectivity index (χ2v) is 8.17. The molecule has 2 aromatic carbocycles. The fraction of sp³-hybridized carbons (Fsp3) is 0.125. The Labute approximate surface area is 198 Å². The van der Waals surface area contributed by atoms with Gasteiger partial charge in [0.1, 0.15) is 29.5 Å². The first kappa shape index (κ1) is 22.3. The zero-order valence-corrected chi connectivity index (χ0v) is 19.4. The van der Waals surface area contributed by atoms with Crippen LogP contribution in [0.25, 0.3) is 17.4 Å². The third kappa shape index (κ3) is 4.83. The van der Waals surface area contributed by atoms with Gasteiger partial charge in [0.2, 0.25) is 5.91 Å². The summed E-state index contributed by atoms with van der Waals surface area (Å²) in [6, 6.07) is 15.5. The van der Waals surface area contributed by atoms with Gasteiger partial charge in [-0.3, -0.25) is 9.59 Å². The molecule has 2 N–H and O–H groups in total. The van der Waals surface area contributed by atoms with E-state index in [0.717, 1.165) is 20.5 Å². The van der Waals surface area contributed by atoms with Crippen molar-refractivity contribution in [2.24, 2.45) is 0 Å². The summed E-state index contributed by atoms with van der Waals surface area (Å²) >= 11 is 3.52. The topological polar surface area (TPSA) is 101 Å². The van der Waals surface area contributed by atoms with E-state index >= 15 is 0 Å². The van der Waals surface area contributed by atoms with Crippen LogP contribution in [0.2, 0.25) is 0 Å². The Morgan fingerprint density at radius 3 is 2.73 bits per heavy atom. The molecule has 8 nitrogen and oxygen atoms in total. The highest BCUT2D eigenvalue weighted by atomic mass is 79.9. The van der Waals surface area contributed by atoms with E-state index in [-0.39, 0.29) is 5.70 Å². The van der Waals surface area contributed by atoms with Crippen molar-refractivity contribution in [3.05, 3.63) is 76.1 Å². The van der Waals surface area contributed by atoms with Gasteiger partial charge in [0.05, 0.1) is 12.8 Å². The van der Waals surface area contributed by atoms with E-state index in [9.17, 15) is 14.4 Å². The second kappa shape index (κ2) is 9.33. The predicted octanol–water partition coefficient (Wildman–Crippen LogP) is 4.56. The van der Waals surface area contributed by atoms with Gasteiger partial charge in [-0.25, -0.2) is 9.69 Å². The number of halogens is 1. The Morgan fingerprint density at radius 2 is 1.97 bits per heavy atom. The molecule has 0 aliphatic carbocycles. The van der Waals surface area contributed by atoms with Crippen LogP contribution in [0.3, 0.4) is 0 Å². The minimum atomic E-state index is -0.686. The molecule has 0 spiro atoms. The first-order valence-corrected chi connectivity index (χ1v) is 10.8. The van der Waals surface area contributed by atoms with Crippen LogP contribution in [0, 0.1) is 6.92 Å². The molecule has 1 saturated heterocycles. The summed E-state index contributed by atoms with van der Waals surface area (Å²) in [5.74, 6) is 0.316. The van der Waals surface area contributed by atoms with Gasteiger partial charge in [0.25, 0.3) is 5.91 Å². The summed E-state index contributed by atoms with van der Waals surface area (Å²) in [7, 11) is 1.48. The summed E-state index contributed by atoms with van der Waals surface area (Å²) in [4.78, 5) is 38.3. The molecule has 168 valence electrons. The van der Waals surface area contributed by atoms with Gasteiger partial charge >= 0.3 is 6.03 Å². The van der Waals surface area contributed by atoms with Crippen molar-refractivity contribution in [2.45, 2.75) is 6.92 Å². The normalized spacial score (nSPS) is 14.5. The molecule has 3 aromatic rings. The largest absolute Gasteiger partial charge is 0.495 e. The monoisotopic (exact) mass is 509 g/mol. The number of benzene rings is 2. The molecule has 9 heteroatoms. The standard InChI is InChI=1S/C24H20BrN3O5/c1-14-7-9-16(17(25)11-14)20-10-8-15(33-20)12-19-23(30)28(24(31)27-19)13-22(29)26-18-5-3-4-6-21(18)32-2/h3-12H,13H2,1-2H3,(H,26,29)(H,27,31)/b19-12-. The van der Waals surface area contributed by atoms with E-state index in [1.807, 2.05) is 25.1 Å². The Bertz CT molecular complexity index is 1280. The number of nitrogens with one attached hydrogen (secondary N) is 2. The Hall–Kier alpha value is -3.85. The zero-order valence-electron chi connectivity index (χ0n) is 17.8. The lowest BCUT2D eigenvalue weighted by Crippen LogP contribution is -2.38. The van der Waals surface area contributed by atoms with Crippen molar-refractivity contribution < 1.29 is 23.5 Å². The van der Waals surface area contributed by atoms with Crippen molar-refractivity contribution in [1.29, 1.82) is 0 Å². The van der Waals surface area contributed by atoms with Crippen molar-refractivity contribution >= 4 is 45.5 Å². The molecule has 1 aliphatic heterocycles. The lowest BCUT2D eigenvalue weighted by molar-refractivity contribution is -0.127. The molecular weight excluding hydrogens is 490 g/mol. The van der Waals surface area contributed by atoms with Crippen LogP contribution in [0.5, 0.6) is 5.75 Å². The van der Waals surface area contributed by atoms with Crippen LogP contribution in [0.1, 0.15) is 11.3 Å². The number of para-hydroxylation sites is 2. The predicted molar refractivity (Wildman–Crippen MR) is 126 cm³/mol. The first-order chi connectivity index (χ1) is 15.9. The number of ether oxygens (including phenoxy) is 1. The number of hydrogen-bond acceptors (Lipinski definition) is 5. The SMILES string of the molecule is COc1ccccc1NC(=O)CN1C(=O)N/C(=C\c2ccc(-c3ccc(C)cc3Br)o2)C1=O. The van der Waals surface area contributed by atoms with E-state index < -0.39 is 24.4 Å². The van der Waals surface area contributed by atoms with Crippen molar-refractivity contribution in [1.82, 2.24) is 10.2 Å². The molecule has 4 rings (SSSR count). The molecule has 33 heavy (non-hydrogen) atoms. The molecule has 0 atom stereocenters. The van der Waals surface area contributed by atoms with Crippen LogP contribution in [-0.4, -0.2) is 36.4 Å². The third-order valence-corrected chi connectivity index (χ3v) is 5.60. The summed E-state index contributed by atoms with van der Waals surface area (Å²) in [5.41, 5.74) is 2.43. The summed E-state index contributed by atoms with van der Waals surface area (Å²) in [5, 5.41) is 5.13. The van der Waals surface area contributed by atoms with Gasteiger partial charge < -0.3 is 19.8 Å². The molecule has 0 radical (unpaired) electrons. The number of amides is 4. The van der Waals surface area contributed by atoms with Gasteiger partial charge in [-0.2, -0.15) is 0 Å². The van der Waals surface area contributed by atoms with Gasteiger partial charge in [-0.1, -0.05) is 34.1 Å². The van der Waals surface area contributed by atoms with Crippen LogP contribution < -0.4 is 15.4 Å². The van der Waals surface area contributed by atoms with Gasteiger partial charge in [-0.05, 0) is 48.9 Å². The number of anilines is 1. The average Bonchev–Trinajstić information content (AvgIpc) is 3.34. The van der Waals surface area contributed by atoms with E-state index in [0.29, 0.717) is 23.0 Å². The molecule has 1 aromatic heterocycles. The second-order valence-electron chi connectivity index (χ2n) is 7.31. The number of methoxy groups -OCH3 is 1. The molecule has 0 saturated carbocycles. The third-order valence-electron chi connectivity index (χ3n) is 4.95. The number of hydrogen-bond donors (Lipinski definition) is 2. The van der Waals surface area contributed by atoms with Crippen LogP contribution >= 0.6 is 15.9 Å². The van der Waals surface area contributed by atoms with Crippen LogP contribution in [0.4, 0.5) is 10.5 Å². The number of imide groups is 1. The van der Waals surface area contributed by atoms with Crippen molar-refractivity contribution in [3.8, 4) is 17.1 Å². The summed E-state index contributed by atoms with van der Waals surface area (Å²) in [6.07, 6.45) is 1.43. The number of carbonyl (C=O) groups excluding carboxylic acids is 3. The number of carbonyl (C=O) groups is 3. The Kier molecular flexibility index (Phi) is 6.32. The van der Waals surface area contributed by atoms with E-state index in [1.54, 1.807) is 36.4 Å². The van der Waals surface area contributed by atoms with E-state index in [1.165, 1.54) is 13.2 Å². The van der Waals surface area contributed by atoms with Crippen LogP contribution in [0.15, 0.2) is 69.2 Å². The number of rotatable bonds is 6. The highest BCUT2D eigenvalue weighted by molar-refractivity contribution is 9.10. The fourth-order valence-corrected chi connectivity index (χ4v) is 4.02. The molecule has 4 amide bonds. The van der Waals surface area contributed by atoms with E-state index in [4.69, 9.17) is 9.15 Å². The van der Waals surface area contributed by atoms with Crippen molar-refractivity contribution in [3.63, 3.8) is 0 Å². The zero-order chi connectivity index (χ0) is 23.5. The molecule has 0 bridgehead atoms. The maximum absolute atomic E-state index is 12.7. The van der Waals surface area contributed by atoms with Gasteiger partial charge in [0.15, 0.2) is 0 Å². The quantitative estimate of drug-likeness (QED) is 0.374. The van der Waals surface area contributed by atoms with Gasteiger partial charge in [0, 0.05) is 16.1 Å². The highest BCUT2D eigenvalue weighted by Gasteiger charge is 2.35. The number of aryl methyl sites for hydroxylation is 1. The number of nitrogens with zero attached hydrogens (tertiary/aromatic N) is 1. The van der Waals surface area contributed by atoms with Gasteiger partial charge in [-0.15, -0.1) is 0 Å². The maximum Gasteiger partial charge on any atom is 0.329 e. The molecule has 0 unspecified atom stereocenters. The minimum Gasteiger partial charge on any atom is -0.495 e. The Morgan fingerprint density at radius 1 is 1.18 bits per heavy atom. The smallest absolute Gasteiger partial charge is 0.329 e. The lowest BCUT2D eigenvalue weighted by Gasteiger charge is -2.13. The van der Waals surface area contributed by atoms with E-state index in [2.05, 4.69) is 26.6 Å². The maximum atomic E-state index is 12.7. The summed E-state index contributed by atoms with van der Waals surface area (Å²) in [6.45, 7) is 1.54.